The maximum absolute atomic E-state index is 12.3. The van der Waals surface area contributed by atoms with Gasteiger partial charge < -0.3 is 9.47 Å². The average molecular weight is 314 g/mol. The summed E-state index contributed by atoms with van der Waals surface area (Å²) in [6.07, 6.45) is 0. The van der Waals surface area contributed by atoms with E-state index in [1.54, 1.807) is 30.0 Å². The van der Waals surface area contributed by atoms with E-state index in [2.05, 4.69) is 38.1 Å². The summed E-state index contributed by atoms with van der Waals surface area (Å²) < 4.78 is 10.6. The van der Waals surface area contributed by atoms with Gasteiger partial charge in [-0.05, 0) is 41.8 Å². The second kappa shape index (κ2) is 6.44. The fraction of sp³-hybridized carbons (Fsp3) is 0.278. The van der Waals surface area contributed by atoms with Crippen LogP contribution in [0, 0.1) is 0 Å². The highest BCUT2D eigenvalue weighted by atomic mass is 32.2. The zero-order valence-corrected chi connectivity index (χ0v) is 13.5. The van der Waals surface area contributed by atoms with Gasteiger partial charge in [-0.15, -0.1) is 11.8 Å². The molecular weight excluding hydrogens is 296 g/mol. The monoisotopic (exact) mass is 314 g/mol. The highest BCUT2D eigenvalue weighted by Gasteiger charge is 2.16. The summed E-state index contributed by atoms with van der Waals surface area (Å²) in [6, 6.07) is 13.7. The van der Waals surface area contributed by atoms with Crippen LogP contribution in [-0.2, 0) is 0 Å². The van der Waals surface area contributed by atoms with Crippen molar-refractivity contribution >= 4 is 17.5 Å². The van der Waals surface area contributed by atoms with Gasteiger partial charge in [0.1, 0.15) is 0 Å². The predicted molar refractivity (Wildman–Crippen MR) is 88.2 cm³/mol. The molecule has 1 aliphatic rings. The number of ketones is 1. The third kappa shape index (κ3) is 3.28. The zero-order valence-electron chi connectivity index (χ0n) is 12.7. The third-order valence-corrected chi connectivity index (χ3v) is 4.62. The number of benzene rings is 2. The number of ether oxygens (including phenoxy) is 2. The molecule has 3 nitrogen and oxygen atoms in total. The van der Waals surface area contributed by atoms with Gasteiger partial charge in [0.05, 0.1) is 5.75 Å². The first-order valence-electron chi connectivity index (χ1n) is 7.29. The van der Waals surface area contributed by atoms with Crippen molar-refractivity contribution in [2.45, 2.75) is 24.7 Å². The summed E-state index contributed by atoms with van der Waals surface area (Å²) in [7, 11) is 0. The molecule has 4 heteroatoms. The number of hydrogen-bond donors (Lipinski definition) is 0. The number of carbonyl (C=O) groups excluding carboxylic acids is 1. The van der Waals surface area contributed by atoms with Crippen molar-refractivity contribution in [3.8, 4) is 11.5 Å². The molecule has 22 heavy (non-hydrogen) atoms. The lowest BCUT2D eigenvalue weighted by atomic mass is 10.0. The summed E-state index contributed by atoms with van der Waals surface area (Å²) in [5.41, 5.74) is 1.97. The van der Waals surface area contributed by atoms with E-state index in [4.69, 9.17) is 9.47 Å². The number of rotatable bonds is 5. The largest absolute Gasteiger partial charge is 0.454 e. The van der Waals surface area contributed by atoms with Crippen LogP contribution in [-0.4, -0.2) is 18.3 Å². The number of Topliss-reactive ketones (excluding diaryl/α,β-unsaturated/α-hetero) is 1. The van der Waals surface area contributed by atoms with E-state index in [9.17, 15) is 4.79 Å². The summed E-state index contributed by atoms with van der Waals surface area (Å²) >= 11 is 1.56. The predicted octanol–water partition coefficient (Wildman–Crippen LogP) is 4.51. The van der Waals surface area contributed by atoms with Crippen LogP contribution in [0.15, 0.2) is 47.4 Å². The molecule has 0 spiro atoms. The molecule has 2 aromatic rings. The highest BCUT2D eigenvalue weighted by molar-refractivity contribution is 8.00. The Morgan fingerprint density at radius 1 is 1.09 bits per heavy atom. The number of hydrogen-bond acceptors (Lipinski definition) is 4. The molecule has 0 saturated heterocycles. The Balaban J connectivity index is 1.62. The molecule has 0 fully saturated rings. The van der Waals surface area contributed by atoms with Gasteiger partial charge in [0.2, 0.25) is 6.79 Å². The smallest absolute Gasteiger partial charge is 0.231 e. The van der Waals surface area contributed by atoms with Crippen LogP contribution in [0.1, 0.15) is 35.7 Å². The van der Waals surface area contributed by atoms with E-state index in [1.807, 2.05) is 0 Å². The van der Waals surface area contributed by atoms with Crippen LogP contribution in [0.25, 0.3) is 0 Å². The fourth-order valence-corrected chi connectivity index (χ4v) is 3.04. The van der Waals surface area contributed by atoms with Crippen molar-refractivity contribution in [2.75, 3.05) is 12.5 Å². The Bertz CT molecular complexity index is 677. The Labute approximate surface area is 134 Å². The number of thioether (sulfide) groups is 1. The lowest BCUT2D eigenvalue weighted by Crippen LogP contribution is -2.02. The summed E-state index contributed by atoms with van der Waals surface area (Å²) in [6.45, 7) is 4.57. The van der Waals surface area contributed by atoms with Gasteiger partial charge in [0.25, 0.3) is 0 Å². The molecule has 0 amide bonds. The SMILES string of the molecule is CC(C)c1ccc(SCC(=O)c2ccc3c(c2)OCO3)cc1. The quantitative estimate of drug-likeness (QED) is 0.601. The van der Waals surface area contributed by atoms with E-state index >= 15 is 0 Å². The van der Waals surface area contributed by atoms with Gasteiger partial charge in [0.15, 0.2) is 17.3 Å². The minimum absolute atomic E-state index is 0.0937. The Morgan fingerprint density at radius 2 is 1.82 bits per heavy atom. The molecule has 0 aliphatic carbocycles. The maximum Gasteiger partial charge on any atom is 0.231 e. The van der Waals surface area contributed by atoms with Gasteiger partial charge >= 0.3 is 0 Å². The van der Waals surface area contributed by atoms with Crippen LogP contribution in [0.5, 0.6) is 11.5 Å². The molecule has 0 unspecified atom stereocenters. The van der Waals surface area contributed by atoms with Crippen molar-refractivity contribution in [3.05, 3.63) is 53.6 Å². The Hall–Kier alpha value is -1.94. The van der Waals surface area contributed by atoms with Crippen LogP contribution in [0.2, 0.25) is 0 Å². The van der Waals surface area contributed by atoms with E-state index in [0.29, 0.717) is 28.7 Å². The van der Waals surface area contributed by atoms with Gasteiger partial charge in [-0.1, -0.05) is 26.0 Å². The topological polar surface area (TPSA) is 35.5 Å². The molecule has 0 atom stereocenters. The minimum Gasteiger partial charge on any atom is -0.454 e. The molecule has 0 N–H and O–H groups in total. The molecule has 1 heterocycles. The van der Waals surface area contributed by atoms with E-state index in [1.165, 1.54) is 5.56 Å². The Morgan fingerprint density at radius 3 is 2.55 bits per heavy atom. The van der Waals surface area contributed by atoms with Crippen molar-refractivity contribution in [1.82, 2.24) is 0 Å². The highest BCUT2D eigenvalue weighted by Crippen LogP contribution is 2.33. The maximum atomic E-state index is 12.3. The second-order valence-electron chi connectivity index (χ2n) is 5.50. The van der Waals surface area contributed by atoms with Crippen LogP contribution in [0.4, 0.5) is 0 Å². The van der Waals surface area contributed by atoms with Crippen molar-refractivity contribution < 1.29 is 14.3 Å². The molecule has 114 valence electrons. The van der Waals surface area contributed by atoms with Gasteiger partial charge in [0, 0.05) is 10.5 Å². The van der Waals surface area contributed by atoms with Crippen molar-refractivity contribution in [2.24, 2.45) is 0 Å². The first-order chi connectivity index (χ1) is 10.6. The van der Waals surface area contributed by atoms with E-state index in [0.717, 1.165) is 4.90 Å². The van der Waals surface area contributed by atoms with E-state index in [-0.39, 0.29) is 12.6 Å². The van der Waals surface area contributed by atoms with Crippen molar-refractivity contribution in [1.29, 1.82) is 0 Å². The minimum atomic E-state index is 0.0937. The van der Waals surface area contributed by atoms with Gasteiger partial charge in [-0.25, -0.2) is 0 Å². The molecule has 0 saturated carbocycles. The van der Waals surface area contributed by atoms with Crippen LogP contribution < -0.4 is 9.47 Å². The van der Waals surface area contributed by atoms with E-state index < -0.39 is 0 Å². The normalized spacial score (nSPS) is 12.7. The summed E-state index contributed by atoms with van der Waals surface area (Å²) in [5, 5.41) is 0. The standard InChI is InChI=1S/C18H18O3S/c1-12(2)13-3-6-15(7-4-13)22-10-16(19)14-5-8-17-18(9-14)21-11-20-17/h3-9,12H,10-11H2,1-2H3. The zero-order chi connectivity index (χ0) is 15.5. The molecule has 0 radical (unpaired) electrons. The first kappa shape index (κ1) is 15.0. The summed E-state index contributed by atoms with van der Waals surface area (Å²) in [5.74, 6) is 2.39. The number of carbonyl (C=O) groups is 1. The lowest BCUT2D eigenvalue weighted by molar-refractivity contribution is 0.102. The van der Waals surface area contributed by atoms with Crippen LogP contribution in [0.3, 0.4) is 0 Å². The van der Waals surface area contributed by atoms with Crippen molar-refractivity contribution in [3.63, 3.8) is 0 Å². The molecule has 2 aromatic carbocycles. The van der Waals surface area contributed by atoms with Gasteiger partial charge in [-0.2, -0.15) is 0 Å². The molecule has 0 bridgehead atoms. The second-order valence-corrected chi connectivity index (χ2v) is 6.55. The lowest BCUT2D eigenvalue weighted by Gasteiger charge is -2.07. The van der Waals surface area contributed by atoms with Crippen LogP contribution >= 0.6 is 11.8 Å². The first-order valence-corrected chi connectivity index (χ1v) is 8.27. The summed E-state index contributed by atoms with van der Waals surface area (Å²) in [4.78, 5) is 13.4. The van der Waals surface area contributed by atoms with Gasteiger partial charge in [-0.3, -0.25) is 4.79 Å². The Kier molecular flexibility index (Phi) is 4.39. The molecule has 1 aliphatic heterocycles. The third-order valence-electron chi connectivity index (χ3n) is 3.61. The molecule has 3 rings (SSSR count). The molecular formula is C18H18O3S. The molecule has 0 aromatic heterocycles. The fourth-order valence-electron chi connectivity index (χ4n) is 2.25. The average Bonchev–Trinajstić information content (AvgIpc) is 3.00. The number of fused-ring (bicyclic) bond motifs is 1.